The van der Waals surface area contributed by atoms with Crippen molar-refractivity contribution in [1.29, 1.82) is 0 Å². The van der Waals surface area contributed by atoms with Crippen LogP contribution in [0.25, 0.3) is 5.69 Å². The fourth-order valence-electron chi connectivity index (χ4n) is 2.84. The summed E-state index contributed by atoms with van der Waals surface area (Å²) in [5.74, 6) is 1.19. The summed E-state index contributed by atoms with van der Waals surface area (Å²) in [6, 6.07) is 12.9. The third kappa shape index (κ3) is 2.71. The molecule has 6 nitrogen and oxygen atoms in total. The Morgan fingerprint density at radius 1 is 0.960 bits per heavy atom. The molecule has 2 heterocycles. The topological polar surface area (TPSA) is 62.5 Å². The van der Waals surface area contributed by atoms with Crippen LogP contribution in [-0.4, -0.2) is 15.9 Å². The monoisotopic (exact) mass is 336 g/mol. The maximum Gasteiger partial charge on any atom is 0.320 e. The molecule has 0 unspecified atom stereocenters. The number of aryl methyl sites for hydroxylation is 1. The number of benzene rings is 2. The molecule has 3 aromatic rings. The highest BCUT2D eigenvalue weighted by molar-refractivity contribution is 5.50. The Bertz CT molecular complexity index is 1070. The molecule has 0 radical (unpaired) electrons. The Hall–Kier alpha value is -3.28. The van der Waals surface area contributed by atoms with Crippen molar-refractivity contribution in [2.75, 3.05) is 6.79 Å². The molecule has 4 rings (SSSR count). The van der Waals surface area contributed by atoms with Crippen molar-refractivity contribution < 1.29 is 9.47 Å². The summed E-state index contributed by atoms with van der Waals surface area (Å²) in [5, 5.41) is 0. The van der Waals surface area contributed by atoms with Gasteiger partial charge < -0.3 is 14.0 Å². The van der Waals surface area contributed by atoms with Crippen LogP contribution < -0.4 is 20.6 Å². The Balaban J connectivity index is 1.73. The van der Waals surface area contributed by atoms with Gasteiger partial charge in [-0.2, -0.15) is 0 Å². The zero-order valence-electron chi connectivity index (χ0n) is 13.6. The lowest BCUT2D eigenvalue weighted by molar-refractivity contribution is 0.174. The lowest BCUT2D eigenvalue weighted by atomic mass is 10.1. The first-order valence-corrected chi connectivity index (χ1v) is 7.90. The molecule has 0 fully saturated rings. The Morgan fingerprint density at radius 3 is 2.60 bits per heavy atom. The van der Waals surface area contributed by atoms with Gasteiger partial charge in [-0.05, 0) is 30.2 Å². The fourth-order valence-corrected chi connectivity index (χ4v) is 2.84. The SMILES string of the molecule is Cc1ccccc1Cn1ccn(-c2ccc3c(c2)OCO3)c(=O)c1=O. The van der Waals surface area contributed by atoms with E-state index in [-0.39, 0.29) is 6.79 Å². The van der Waals surface area contributed by atoms with Gasteiger partial charge in [0.2, 0.25) is 6.79 Å². The average Bonchev–Trinajstić information content (AvgIpc) is 3.08. The number of hydrogen-bond acceptors (Lipinski definition) is 4. The van der Waals surface area contributed by atoms with Gasteiger partial charge in [0.05, 0.1) is 12.2 Å². The smallest absolute Gasteiger partial charge is 0.320 e. The Morgan fingerprint density at radius 2 is 1.76 bits per heavy atom. The molecule has 0 N–H and O–H groups in total. The van der Waals surface area contributed by atoms with Crippen molar-refractivity contribution in [3.05, 3.63) is 86.7 Å². The molecule has 2 aromatic carbocycles. The first-order valence-electron chi connectivity index (χ1n) is 7.90. The Labute approximate surface area is 143 Å². The molecule has 0 atom stereocenters. The quantitative estimate of drug-likeness (QED) is 0.687. The Kier molecular flexibility index (Phi) is 3.65. The van der Waals surface area contributed by atoms with Crippen LogP contribution >= 0.6 is 0 Å². The standard InChI is InChI=1S/C19H16N2O4/c1-13-4-2-3-5-14(13)11-20-8-9-21(19(23)18(20)22)15-6-7-16-17(10-15)25-12-24-16/h2-10H,11-12H2,1H3. The zero-order valence-corrected chi connectivity index (χ0v) is 13.6. The molecular weight excluding hydrogens is 320 g/mol. The zero-order chi connectivity index (χ0) is 17.4. The van der Waals surface area contributed by atoms with E-state index in [1.807, 2.05) is 31.2 Å². The molecular formula is C19H16N2O4. The predicted octanol–water partition coefficient (Wildman–Crippen LogP) is 2.08. The van der Waals surface area contributed by atoms with Gasteiger partial charge in [-0.1, -0.05) is 24.3 Å². The van der Waals surface area contributed by atoms with Gasteiger partial charge in [-0.15, -0.1) is 0 Å². The third-order valence-electron chi connectivity index (χ3n) is 4.29. The van der Waals surface area contributed by atoms with Crippen molar-refractivity contribution >= 4 is 0 Å². The van der Waals surface area contributed by atoms with E-state index in [4.69, 9.17) is 9.47 Å². The lowest BCUT2D eigenvalue weighted by Gasteiger charge is -2.11. The summed E-state index contributed by atoms with van der Waals surface area (Å²) in [7, 11) is 0. The number of rotatable bonds is 3. The minimum absolute atomic E-state index is 0.158. The van der Waals surface area contributed by atoms with E-state index < -0.39 is 11.1 Å². The molecule has 0 spiro atoms. The van der Waals surface area contributed by atoms with Crippen LogP contribution in [0.1, 0.15) is 11.1 Å². The molecule has 1 aliphatic rings. The van der Waals surface area contributed by atoms with Crippen LogP contribution in [0.4, 0.5) is 0 Å². The average molecular weight is 336 g/mol. The van der Waals surface area contributed by atoms with Gasteiger partial charge in [-0.25, -0.2) is 0 Å². The molecule has 1 aliphatic heterocycles. The summed E-state index contributed by atoms with van der Waals surface area (Å²) in [6.45, 7) is 2.50. The second kappa shape index (κ2) is 5.98. The minimum atomic E-state index is -0.602. The van der Waals surface area contributed by atoms with Crippen molar-refractivity contribution in [3.8, 4) is 17.2 Å². The van der Waals surface area contributed by atoms with Gasteiger partial charge in [0.15, 0.2) is 11.5 Å². The van der Waals surface area contributed by atoms with E-state index in [9.17, 15) is 9.59 Å². The summed E-state index contributed by atoms with van der Waals surface area (Å²) in [5.41, 5.74) is 1.48. The molecule has 0 amide bonds. The van der Waals surface area contributed by atoms with Crippen LogP contribution in [0.3, 0.4) is 0 Å². The van der Waals surface area contributed by atoms with Gasteiger partial charge in [-0.3, -0.25) is 14.2 Å². The van der Waals surface area contributed by atoms with E-state index in [0.717, 1.165) is 11.1 Å². The second-order valence-corrected chi connectivity index (χ2v) is 5.87. The number of hydrogen-bond donors (Lipinski definition) is 0. The fraction of sp³-hybridized carbons (Fsp3) is 0.158. The van der Waals surface area contributed by atoms with E-state index >= 15 is 0 Å². The maximum absolute atomic E-state index is 12.5. The molecule has 0 bridgehead atoms. The van der Waals surface area contributed by atoms with E-state index in [1.54, 1.807) is 30.6 Å². The van der Waals surface area contributed by atoms with Crippen LogP contribution in [-0.2, 0) is 6.54 Å². The summed E-state index contributed by atoms with van der Waals surface area (Å²) < 4.78 is 13.3. The molecule has 0 saturated carbocycles. The van der Waals surface area contributed by atoms with Gasteiger partial charge in [0, 0.05) is 18.5 Å². The number of nitrogens with zero attached hydrogens (tertiary/aromatic N) is 2. The number of aromatic nitrogens is 2. The summed E-state index contributed by atoms with van der Waals surface area (Å²) >= 11 is 0. The predicted molar refractivity (Wildman–Crippen MR) is 92.7 cm³/mol. The largest absolute Gasteiger partial charge is 0.454 e. The maximum atomic E-state index is 12.5. The third-order valence-corrected chi connectivity index (χ3v) is 4.29. The molecule has 1 aromatic heterocycles. The minimum Gasteiger partial charge on any atom is -0.454 e. The number of ether oxygens (including phenoxy) is 2. The van der Waals surface area contributed by atoms with Crippen molar-refractivity contribution in [3.63, 3.8) is 0 Å². The van der Waals surface area contributed by atoms with Crippen molar-refractivity contribution in [1.82, 2.24) is 9.13 Å². The van der Waals surface area contributed by atoms with Gasteiger partial charge in [0.1, 0.15) is 0 Å². The van der Waals surface area contributed by atoms with E-state index in [1.165, 1.54) is 9.13 Å². The highest BCUT2D eigenvalue weighted by Crippen LogP contribution is 2.33. The van der Waals surface area contributed by atoms with Gasteiger partial charge >= 0.3 is 11.1 Å². The van der Waals surface area contributed by atoms with Crippen molar-refractivity contribution in [2.45, 2.75) is 13.5 Å². The van der Waals surface area contributed by atoms with E-state index in [0.29, 0.717) is 23.7 Å². The van der Waals surface area contributed by atoms with Crippen LogP contribution in [0, 0.1) is 6.92 Å². The summed E-state index contributed by atoms with van der Waals surface area (Å²) in [6.07, 6.45) is 3.22. The highest BCUT2D eigenvalue weighted by atomic mass is 16.7. The van der Waals surface area contributed by atoms with Crippen LogP contribution in [0.5, 0.6) is 11.5 Å². The first kappa shape index (κ1) is 15.3. The second-order valence-electron chi connectivity index (χ2n) is 5.87. The van der Waals surface area contributed by atoms with Crippen molar-refractivity contribution in [2.24, 2.45) is 0 Å². The first-order chi connectivity index (χ1) is 12.1. The molecule has 0 saturated heterocycles. The lowest BCUT2D eigenvalue weighted by Crippen LogP contribution is -2.40. The van der Waals surface area contributed by atoms with Gasteiger partial charge in [0.25, 0.3) is 0 Å². The van der Waals surface area contributed by atoms with E-state index in [2.05, 4.69) is 0 Å². The molecule has 126 valence electrons. The highest BCUT2D eigenvalue weighted by Gasteiger charge is 2.15. The van der Waals surface area contributed by atoms with Crippen LogP contribution in [0.2, 0.25) is 0 Å². The normalized spacial score (nSPS) is 12.4. The molecule has 25 heavy (non-hydrogen) atoms. The molecule has 6 heteroatoms. The molecule has 0 aliphatic carbocycles. The number of fused-ring (bicyclic) bond motifs is 1. The summed E-state index contributed by atoms with van der Waals surface area (Å²) in [4.78, 5) is 25.0. The van der Waals surface area contributed by atoms with Crippen LogP contribution in [0.15, 0.2) is 64.4 Å².